The number of sulfonamides is 1. The first-order valence-electron chi connectivity index (χ1n) is 15.0. The summed E-state index contributed by atoms with van der Waals surface area (Å²) in [5.74, 6) is -2.00. The average Bonchev–Trinajstić information content (AvgIpc) is 3.46. The molecule has 4 amide bonds. The number of hydrogen-bond donors (Lipinski definition) is 3. The lowest BCUT2D eigenvalue weighted by Crippen LogP contribution is -2.58. The Hall–Kier alpha value is -2.63. The van der Waals surface area contributed by atoms with E-state index in [-0.39, 0.29) is 12.0 Å². The molecule has 1 saturated heterocycles. The molecule has 2 aliphatic heterocycles. The number of nitrogens with zero attached hydrogens (tertiary/aromatic N) is 1. The Morgan fingerprint density at radius 2 is 1.73 bits per heavy atom. The maximum Gasteiger partial charge on any atom is 0.408 e. The van der Waals surface area contributed by atoms with Crippen LogP contribution in [0.3, 0.4) is 0 Å². The minimum absolute atomic E-state index is 0.132. The van der Waals surface area contributed by atoms with Crippen LogP contribution in [0.5, 0.6) is 0 Å². The standard InChI is InChI=1S/C28H44N4O7S/c1-2-19-11-6-4-3-5-7-14-22(29-28(36)39-20-12-8-9-13-20)27(35)32-18-10-15-23(32)25(33)30-24(19)26(34)31-40(37,38)21-16-17-21/h6,11,19-24H,2-5,7-10,12-18H2,1H3,(H,29,36)(H,30,33)(H,31,34)/b11-6-/t19-,22-,23-,24+/m0/s1. The summed E-state index contributed by atoms with van der Waals surface area (Å²) in [6, 6.07) is -2.72. The molecule has 3 fully saturated rings. The predicted octanol–water partition coefficient (Wildman–Crippen LogP) is 2.65. The van der Waals surface area contributed by atoms with Crippen LogP contribution in [-0.4, -0.2) is 73.2 Å². The van der Waals surface area contributed by atoms with Gasteiger partial charge >= 0.3 is 6.09 Å². The van der Waals surface area contributed by atoms with Crippen molar-refractivity contribution in [1.29, 1.82) is 0 Å². The Kier molecular flexibility index (Phi) is 10.5. The Balaban J connectivity index is 1.52. The van der Waals surface area contributed by atoms with Crippen molar-refractivity contribution in [2.45, 2.75) is 126 Å². The Bertz CT molecular complexity index is 1070. The third kappa shape index (κ3) is 7.98. The van der Waals surface area contributed by atoms with Gasteiger partial charge in [-0.15, -0.1) is 0 Å². The molecule has 0 spiro atoms. The summed E-state index contributed by atoms with van der Waals surface area (Å²) < 4.78 is 32.8. The minimum Gasteiger partial charge on any atom is -0.446 e. The lowest BCUT2D eigenvalue weighted by molar-refractivity contribution is -0.141. The van der Waals surface area contributed by atoms with Crippen LogP contribution >= 0.6 is 0 Å². The van der Waals surface area contributed by atoms with Crippen LogP contribution in [0, 0.1) is 5.92 Å². The van der Waals surface area contributed by atoms with Crippen molar-refractivity contribution < 1.29 is 32.3 Å². The van der Waals surface area contributed by atoms with Crippen LogP contribution in [0.15, 0.2) is 12.2 Å². The number of carbonyl (C=O) groups excluding carboxylic acids is 4. The van der Waals surface area contributed by atoms with E-state index in [1.165, 1.54) is 4.90 Å². The van der Waals surface area contributed by atoms with Gasteiger partial charge in [0.2, 0.25) is 21.8 Å². The topological polar surface area (TPSA) is 151 Å². The highest BCUT2D eigenvalue weighted by Gasteiger charge is 2.42. The number of alkyl carbamates (subject to hydrolysis) is 1. The molecule has 4 atom stereocenters. The average molecular weight is 581 g/mol. The first-order valence-corrected chi connectivity index (χ1v) is 16.5. The van der Waals surface area contributed by atoms with E-state index < -0.39 is 57.2 Å². The van der Waals surface area contributed by atoms with Gasteiger partial charge < -0.3 is 20.3 Å². The first-order chi connectivity index (χ1) is 19.2. The molecule has 12 heteroatoms. The second kappa shape index (κ2) is 13.8. The van der Waals surface area contributed by atoms with Gasteiger partial charge in [0.25, 0.3) is 5.91 Å². The van der Waals surface area contributed by atoms with Gasteiger partial charge in [-0.25, -0.2) is 13.2 Å². The van der Waals surface area contributed by atoms with E-state index in [2.05, 4.69) is 15.4 Å². The van der Waals surface area contributed by atoms with Gasteiger partial charge in [0, 0.05) is 12.5 Å². The highest BCUT2D eigenvalue weighted by Crippen LogP contribution is 2.28. The van der Waals surface area contributed by atoms with E-state index in [0.29, 0.717) is 45.1 Å². The van der Waals surface area contributed by atoms with Gasteiger partial charge in [-0.05, 0) is 77.0 Å². The number of nitrogens with one attached hydrogen (secondary N) is 3. The molecule has 0 aromatic heterocycles. The summed E-state index contributed by atoms with van der Waals surface area (Å²) in [6.07, 6.45) is 13.0. The number of carbonyl (C=O) groups is 4. The van der Waals surface area contributed by atoms with Gasteiger partial charge in [-0.1, -0.05) is 31.9 Å². The number of fused-ring (bicyclic) bond motifs is 1. The number of ether oxygens (including phenoxy) is 1. The summed E-state index contributed by atoms with van der Waals surface area (Å²) in [5.41, 5.74) is 0. The van der Waals surface area contributed by atoms with Crippen molar-refractivity contribution in [3.63, 3.8) is 0 Å². The van der Waals surface area contributed by atoms with Crippen molar-refractivity contribution in [1.82, 2.24) is 20.3 Å². The van der Waals surface area contributed by atoms with Crippen molar-refractivity contribution in [2.75, 3.05) is 6.54 Å². The van der Waals surface area contributed by atoms with Crippen LogP contribution in [0.2, 0.25) is 0 Å². The molecular weight excluding hydrogens is 536 g/mol. The smallest absolute Gasteiger partial charge is 0.408 e. The molecule has 3 N–H and O–H groups in total. The fourth-order valence-electron chi connectivity index (χ4n) is 5.92. The third-order valence-electron chi connectivity index (χ3n) is 8.44. The van der Waals surface area contributed by atoms with E-state index in [1.54, 1.807) is 0 Å². The lowest BCUT2D eigenvalue weighted by Gasteiger charge is -2.31. The normalized spacial score (nSPS) is 30.0. The molecule has 2 aliphatic carbocycles. The van der Waals surface area contributed by atoms with Gasteiger partial charge in [0.15, 0.2) is 0 Å². The summed E-state index contributed by atoms with van der Waals surface area (Å²) in [4.78, 5) is 54.6. The summed E-state index contributed by atoms with van der Waals surface area (Å²) in [6.45, 7) is 2.24. The van der Waals surface area contributed by atoms with Gasteiger partial charge in [0.05, 0.1) is 5.25 Å². The fraction of sp³-hybridized carbons (Fsp3) is 0.786. The highest BCUT2D eigenvalue weighted by atomic mass is 32.2. The molecular formula is C28H44N4O7S. The fourth-order valence-corrected chi connectivity index (χ4v) is 7.25. The van der Waals surface area contributed by atoms with Crippen molar-refractivity contribution in [3.05, 3.63) is 12.2 Å². The van der Waals surface area contributed by atoms with E-state index in [0.717, 1.165) is 51.4 Å². The molecule has 11 nitrogen and oxygen atoms in total. The summed E-state index contributed by atoms with van der Waals surface area (Å²) in [7, 11) is -3.80. The molecule has 40 heavy (non-hydrogen) atoms. The molecule has 0 bridgehead atoms. The van der Waals surface area contributed by atoms with Gasteiger partial charge in [-0.2, -0.15) is 0 Å². The van der Waals surface area contributed by atoms with Crippen molar-refractivity contribution in [2.24, 2.45) is 5.92 Å². The van der Waals surface area contributed by atoms with E-state index in [4.69, 9.17) is 4.74 Å². The molecule has 0 radical (unpaired) electrons. The predicted molar refractivity (Wildman–Crippen MR) is 148 cm³/mol. The van der Waals surface area contributed by atoms with Crippen LogP contribution in [0.1, 0.15) is 96.8 Å². The minimum atomic E-state index is -3.80. The Morgan fingerprint density at radius 1 is 1.00 bits per heavy atom. The molecule has 0 unspecified atom stereocenters. The van der Waals surface area contributed by atoms with Crippen LogP contribution in [0.4, 0.5) is 4.79 Å². The summed E-state index contributed by atoms with van der Waals surface area (Å²) >= 11 is 0. The zero-order chi connectivity index (χ0) is 28.7. The molecule has 2 saturated carbocycles. The molecule has 2 heterocycles. The Labute approximate surface area is 237 Å². The molecule has 224 valence electrons. The zero-order valence-electron chi connectivity index (χ0n) is 23.4. The molecule has 0 aromatic carbocycles. The van der Waals surface area contributed by atoms with Gasteiger partial charge in [-0.3, -0.25) is 19.1 Å². The lowest BCUT2D eigenvalue weighted by atomic mass is 9.94. The van der Waals surface area contributed by atoms with Crippen LogP contribution < -0.4 is 15.4 Å². The Morgan fingerprint density at radius 3 is 2.42 bits per heavy atom. The monoisotopic (exact) mass is 580 g/mol. The number of amides is 4. The second-order valence-corrected chi connectivity index (χ2v) is 13.5. The van der Waals surface area contributed by atoms with E-state index >= 15 is 0 Å². The number of hydrogen-bond acceptors (Lipinski definition) is 7. The maximum atomic E-state index is 13.7. The largest absolute Gasteiger partial charge is 0.446 e. The maximum absolute atomic E-state index is 13.7. The third-order valence-corrected chi connectivity index (χ3v) is 10.3. The van der Waals surface area contributed by atoms with Gasteiger partial charge in [0.1, 0.15) is 24.2 Å². The van der Waals surface area contributed by atoms with Crippen molar-refractivity contribution in [3.8, 4) is 0 Å². The highest BCUT2D eigenvalue weighted by molar-refractivity contribution is 7.90. The zero-order valence-corrected chi connectivity index (χ0v) is 24.3. The summed E-state index contributed by atoms with van der Waals surface area (Å²) in [5, 5.41) is 4.99. The molecule has 4 rings (SSSR count). The second-order valence-electron chi connectivity index (χ2n) is 11.5. The van der Waals surface area contributed by atoms with Crippen LogP contribution in [0.25, 0.3) is 0 Å². The molecule has 0 aromatic rings. The first kappa shape index (κ1) is 30.3. The van der Waals surface area contributed by atoms with Crippen molar-refractivity contribution >= 4 is 33.8 Å². The number of allylic oxidation sites excluding steroid dienone is 1. The quantitative estimate of drug-likeness (QED) is 0.409. The molecule has 4 aliphatic rings. The van der Waals surface area contributed by atoms with E-state index in [1.807, 2.05) is 19.1 Å². The van der Waals surface area contributed by atoms with Crippen LogP contribution in [-0.2, 0) is 29.1 Å². The number of rotatable bonds is 6. The SMILES string of the molecule is CC[C@H]1/C=C\CCCCC[C@H](NC(=O)OC2CCCC2)C(=O)N2CCC[C@H]2C(=O)N[C@H]1C(=O)NS(=O)(=O)C1CC1. The van der Waals surface area contributed by atoms with E-state index in [9.17, 15) is 27.6 Å².